The smallest absolute Gasteiger partial charge is 0.281 e. The van der Waals surface area contributed by atoms with Crippen molar-refractivity contribution in [3.05, 3.63) is 259 Å². The van der Waals surface area contributed by atoms with E-state index in [9.17, 15) is 44.1 Å². The predicted molar refractivity (Wildman–Crippen MR) is 554 cm³/mol. The maximum atomic E-state index is 17.6. The number of fused-ring (bicyclic) bond motifs is 15. The van der Waals surface area contributed by atoms with Crippen LogP contribution >= 0.6 is 69.6 Å². The Balaban J connectivity index is 0.000000154. The summed E-state index contributed by atoms with van der Waals surface area (Å²) < 4.78 is 105. The van der Waals surface area contributed by atoms with E-state index in [0.29, 0.717) is 114 Å². The average Bonchev–Trinajstić information content (AvgIpc) is 0.708. The first-order chi connectivity index (χ1) is 67.7. The molecule has 12 aromatic rings. The number of phenols is 3. The number of anilines is 6. The number of hydrogen-bond donors (Lipinski definition) is 4. The zero-order chi connectivity index (χ0) is 104. The lowest BCUT2D eigenvalue weighted by atomic mass is 9.95. The average molecular weight is 2080 g/mol. The van der Waals surface area contributed by atoms with Gasteiger partial charge in [0.25, 0.3) is 16.7 Å². The number of hydrogen-bond acceptors (Lipinski definition) is 19. The van der Waals surface area contributed by atoms with Gasteiger partial charge in [-0.3, -0.25) is 62.2 Å². The standard InChI is InChI=1S/C38H42Cl2F2N6O3.C34H33Cl2F2N5O3.C33H29Cl2F2N5O4/c1-8-29(50)46-19-23-18-45(13-9-12-44(6)7)37-36(47(23)17-22(46)5)26-16-28(41)30(25-14-24(49)15-27(39)31(25)40)32(42)35(26)48(38(37)51)34-21(4)10-11-43-33(34)20(2)3;1-7-25(45)41-15-19-14-40(6)33-32(42(19)13-18(41)5)22-12-24(37)26(21-10-20(44)11-23(35)27(21)36)28(38)31(22)43(34(33)46)30-17(4)8-9-39-29(30)16(2)3;1-6-23(44)40-13-22-32(45)39-28-31(41(22)12-16(40)5)19-11-21(36)24(18-9-17(43)10-20(34)25(18)35)26(37)30(19)42(33(28)46)29-15(4)7-8-38-27(29)14(2)3/h8,10-11,14-16,20,22-23,49H,1,9,12-13,17-19H2,2-7H3;7-12,16,18-19,44H,1,13-15H2,2-6H3;6-11,14,16,22,43H,1,12-13H2,2-5H3,(H,39,45). The molecule has 6 atom stereocenters. The summed E-state index contributed by atoms with van der Waals surface area (Å²) in [7, 11) is 5.71. The molecule has 748 valence electrons. The van der Waals surface area contributed by atoms with Crippen LogP contribution in [0.3, 0.4) is 0 Å². The lowest BCUT2D eigenvalue weighted by Crippen LogP contribution is -2.64. The molecule has 12 heterocycles. The quantitative estimate of drug-likeness (QED) is 0.0517. The number of halogens is 12. The molecular formula is C105H104Cl6F6N16O10. The number of aryl methyl sites for hydroxylation is 3. The lowest BCUT2D eigenvalue weighted by molar-refractivity contribution is -0.131. The Morgan fingerprint density at radius 1 is 0.455 bits per heavy atom. The topological polar surface area (TPSA) is 275 Å². The van der Waals surface area contributed by atoms with Gasteiger partial charge in [-0.15, -0.1) is 0 Å². The number of carbonyl (C=O) groups is 4. The van der Waals surface area contributed by atoms with Gasteiger partial charge in [0, 0.05) is 147 Å². The molecule has 3 fully saturated rings. The van der Waals surface area contributed by atoms with Crippen LogP contribution in [0.15, 0.2) is 144 Å². The van der Waals surface area contributed by atoms with Gasteiger partial charge in [0.05, 0.1) is 133 Å². The summed E-state index contributed by atoms with van der Waals surface area (Å²) in [4.78, 5) is 127. The maximum absolute atomic E-state index is 17.6. The number of nitrogens with zero attached hydrogens (tertiary/aromatic N) is 15. The van der Waals surface area contributed by atoms with Gasteiger partial charge in [0.2, 0.25) is 23.6 Å². The Bertz CT molecular complexity index is 7590. The number of likely N-dealkylation sites (N-methyl/N-ethyl adjacent to an activating group) is 1. The Hall–Kier alpha value is -12.8. The van der Waals surface area contributed by atoms with Crippen LogP contribution in [-0.4, -0.2) is 210 Å². The van der Waals surface area contributed by atoms with E-state index in [1.807, 2.05) is 98.0 Å². The SMILES string of the molecule is C=CC(=O)N1CC2C(=O)Nc3c(c4cc(F)c(-c5cc(O)cc(Cl)c5Cl)c(F)c4n(-c4c(C)ccnc4C(C)C)c3=O)N2CC1C.C=CC(=O)N1CC2CN(C)c3c(c4cc(F)c(-c5cc(O)cc(Cl)c5Cl)c(F)c4n(-c4c(C)ccnc4C(C)C)c3=O)N2CC1C.C=CC(=O)N1CC2CN(CCCN(C)C)c3c(c4cc(F)c(-c5cc(O)cc(Cl)c5Cl)c(F)c4n(-c4c(C)ccnc4C(C)C)c3=O)N2CC1C. The van der Waals surface area contributed by atoms with Crippen molar-refractivity contribution in [3.8, 4) is 67.7 Å². The van der Waals surface area contributed by atoms with E-state index in [4.69, 9.17) is 69.6 Å². The van der Waals surface area contributed by atoms with Crippen molar-refractivity contribution in [2.24, 2.45) is 0 Å². The molecule has 38 heteroatoms. The van der Waals surface area contributed by atoms with E-state index >= 15 is 31.1 Å². The second-order valence-corrected chi connectivity index (χ2v) is 40.5. The first kappa shape index (κ1) is 103. The second-order valence-electron chi connectivity index (χ2n) is 38.2. The number of benzene rings is 6. The number of aromatic nitrogens is 6. The summed E-state index contributed by atoms with van der Waals surface area (Å²) in [5, 5.41) is 33.2. The van der Waals surface area contributed by atoms with Crippen molar-refractivity contribution in [3.63, 3.8) is 0 Å². The Kier molecular flexibility index (Phi) is 28.9. The molecular weight excluding hydrogens is 1970 g/mol. The number of phenolic OH excluding ortho intramolecular Hbond substituents is 3. The Labute approximate surface area is 850 Å². The van der Waals surface area contributed by atoms with Crippen LogP contribution in [0.1, 0.15) is 120 Å². The fourth-order valence-electron chi connectivity index (χ4n) is 20.9. The van der Waals surface area contributed by atoms with Gasteiger partial charge in [-0.2, -0.15) is 0 Å². The summed E-state index contributed by atoms with van der Waals surface area (Å²) in [5.41, 5.74) is 1.40. The van der Waals surface area contributed by atoms with E-state index in [1.54, 1.807) is 77.3 Å². The van der Waals surface area contributed by atoms with Crippen LogP contribution < -0.4 is 46.5 Å². The van der Waals surface area contributed by atoms with Crippen LogP contribution in [0.5, 0.6) is 17.2 Å². The number of amides is 4. The molecule has 6 aromatic heterocycles. The molecule has 0 spiro atoms. The van der Waals surface area contributed by atoms with Crippen molar-refractivity contribution >= 4 is 160 Å². The van der Waals surface area contributed by atoms with Crippen LogP contribution in [0.2, 0.25) is 30.1 Å². The summed E-state index contributed by atoms with van der Waals surface area (Å²) in [6, 6.07) is 13.1. The van der Waals surface area contributed by atoms with Crippen molar-refractivity contribution < 1.29 is 60.8 Å². The molecule has 3 saturated heterocycles. The number of nitrogens with one attached hydrogen (secondary N) is 1. The zero-order valence-corrected chi connectivity index (χ0v) is 85.5. The van der Waals surface area contributed by atoms with E-state index < -0.39 is 86.3 Å². The first-order valence-corrected chi connectivity index (χ1v) is 48.7. The number of pyridine rings is 6. The molecule has 6 aliphatic heterocycles. The third-order valence-electron chi connectivity index (χ3n) is 27.4. The highest BCUT2D eigenvalue weighted by atomic mass is 35.5. The molecule has 6 aromatic carbocycles. The van der Waals surface area contributed by atoms with Crippen molar-refractivity contribution in [2.75, 3.05) is 116 Å². The molecule has 0 saturated carbocycles. The molecule has 4 amide bonds. The van der Waals surface area contributed by atoms with Gasteiger partial charge in [0.15, 0.2) is 17.5 Å². The normalized spacial score (nSPS) is 17.6. The largest absolute Gasteiger partial charge is 0.508 e. The van der Waals surface area contributed by atoms with Crippen molar-refractivity contribution in [1.29, 1.82) is 0 Å². The predicted octanol–water partition coefficient (Wildman–Crippen LogP) is 20.3. The highest BCUT2D eigenvalue weighted by molar-refractivity contribution is 6.45. The summed E-state index contributed by atoms with van der Waals surface area (Å²) in [6.07, 6.45) is 9.30. The number of rotatable bonds is 16. The maximum Gasteiger partial charge on any atom is 0.281 e. The second kappa shape index (κ2) is 40.1. The third kappa shape index (κ3) is 18.0. The van der Waals surface area contributed by atoms with E-state index in [0.717, 1.165) is 47.5 Å². The van der Waals surface area contributed by atoms with Gasteiger partial charge in [0.1, 0.15) is 57.8 Å². The summed E-state index contributed by atoms with van der Waals surface area (Å²) in [5.74, 6) is -9.06. The van der Waals surface area contributed by atoms with E-state index in [2.05, 4.69) is 44.9 Å². The summed E-state index contributed by atoms with van der Waals surface area (Å²) in [6.45, 7) is 36.7. The van der Waals surface area contributed by atoms with Crippen LogP contribution in [0.4, 0.5) is 60.5 Å². The molecule has 143 heavy (non-hydrogen) atoms. The van der Waals surface area contributed by atoms with Gasteiger partial charge in [-0.1, -0.05) is 131 Å². The monoisotopic (exact) mass is 2070 g/mol. The molecule has 26 nitrogen and oxygen atoms in total. The molecule has 6 aliphatic rings. The number of carbonyl (C=O) groups excluding carboxylic acids is 4. The molecule has 4 N–H and O–H groups in total. The van der Waals surface area contributed by atoms with Crippen molar-refractivity contribution in [1.82, 2.24) is 48.3 Å². The molecule has 0 bridgehead atoms. The minimum absolute atomic E-state index is 0.00520. The van der Waals surface area contributed by atoms with E-state index in [-0.39, 0.29) is 192 Å². The zero-order valence-electron chi connectivity index (χ0n) is 80.9. The lowest BCUT2D eigenvalue weighted by Gasteiger charge is -2.52. The van der Waals surface area contributed by atoms with Gasteiger partial charge in [-0.25, -0.2) is 26.3 Å². The van der Waals surface area contributed by atoms with Crippen molar-refractivity contribution in [2.45, 2.75) is 144 Å². The first-order valence-electron chi connectivity index (χ1n) is 46.4. The minimum atomic E-state index is -1.14. The fourth-order valence-corrected chi connectivity index (χ4v) is 22.1. The number of piperazine rings is 3. The molecule has 6 unspecified atom stereocenters. The van der Waals surface area contributed by atoms with Gasteiger partial charge < -0.3 is 64.7 Å². The third-order valence-corrected chi connectivity index (χ3v) is 29.8. The van der Waals surface area contributed by atoms with Gasteiger partial charge >= 0.3 is 0 Å². The molecule has 0 aliphatic carbocycles. The van der Waals surface area contributed by atoms with Crippen LogP contribution in [0.25, 0.3) is 83.2 Å². The Morgan fingerprint density at radius 3 is 1.15 bits per heavy atom. The van der Waals surface area contributed by atoms with Crippen LogP contribution in [-0.2, 0) is 19.2 Å². The van der Waals surface area contributed by atoms with E-state index in [1.165, 1.54) is 50.5 Å². The molecule has 18 rings (SSSR count). The van der Waals surface area contributed by atoms with Crippen LogP contribution in [0, 0.1) is 55.7 Å². The highest BCUT2D eigenvalue weighted by Gasteiger charge is 2.49. The van der Waals surface area contributed by atoms with Gasteiger partial charge in [-0.05, 0) is 176 Å². The fraction of sp³-hybridized carbons (Fsp3) is 0.333. The Morgan fingerprint density at radius 2 is 0.790 bits per heavy atom. The number of aromatic hydroxyl groups is 3. The molecule has 0 radical (unpaired) electrons. The summed E-state index contributed by atoms with van der Waals surface area (Å²) >= 11 is 38.1. The highest BCUT2D eigenvalue weighted by Crippen LogP contribution is 2.53. The minimum Gasteiger partial charge on any atom is -0.508 e.